The lowest BCUT2D eigenvalue weighted by molar-refractivity contribution is -0.383. The number of carbonyl (C=O) groups excluding carboxylic acids is 1. The van der Waals surface area contributed by atoms with Gasteiger partial charge in [-0.15, -0.1) is 0 Å². The number of nitrogens with two attached hydrogens (primary N) is 1. The number of amides is 1. The van der Waals surface area contributed by atoms with Crippen LogP contribution in [0.25, 0.3) is 0 Å². The van der Waals surface area contributed by atoms with Gasteiger partial charge in [-0.2, -0.15) is 0 Å². The van der Waals surface area contributed by atoms with Gasteiger partial charge in [0.1, 0.15) is 5.69 Å². The third-order valence-electron chi connectivity index (χ3n) is 2.50. The molecule has 0 saturated heterocycles. The van der Waals surface area contributed by atoms with Gasteiger partial charge in [-0.1, -0.05) is 18.5 Å². The zero-order chi connectivity index (χ0) is 15.3. The minimum atomic E-state index is -0.989. The minimum absolute atomic E-state index is 0.0400. The number of benzene rings is 1. The molecule has 0 aromatic heterocycles. The summed E-state index contributed by atoms with van der Waals surface area (Å²) < 4.78 is 11.2. The van der Waals surface area contributed by atoms with Crippen molar-refractivity contribution in [3.63, 3.8) is 0 Å². The standard InChI is InChI=1S/C11H14ClN3O4S/c1-2-20(19)4-3-14-11(16)7-5-8(12)10(13)9(6-7)15(17)18/h5-6H,2-4,13H2,1H3,(H,14,16). The highest BCUT2D eigenvalue weighted by Gasteiger charge is 2.19. The van der Waals surface area contributed by atoms with Gasteiger partial charge in [0.05, 0.1) is 9.95 Å². The highest BCUT2D eigenvalue weighted by atomic mass is 35.5. The topological polar surface area (TPSA) is 115 Å². The van der Waals surface area contributed by atoms with Crippen LogP contribution in [0, 0.1) is 10.1 Å². The van der Waals surface area contributed by atoms with Crippen LogP contribution in [0.3, 0.4) is 0 Å². The maximum atomic E-state index is 11.8. The normalized spacial score (nSPS) is 11.9. The van der Waals surface area contributed by atoms with E-state index in [1.165, 1.54) is 6.07 Å². The molecular formula is C11H14ClN3O4S. The molecule has 0 saturated carbocycles. The second kappa shape index (κ2) is 7.20. The van der Waals surface area contributed by atoms with Gasteiger partial charge in [0, 0.05) is 40.5 Å². The minimum Gasteiger partial charge on any atom is -0.392 e. The molecule has 0 aliphatic rings. The molecule has 7 nitrogen and oxygen atoms in total. The molecule has 1 aromatic carbocycles. The van der Waals surface area contributed by atoms with Gasteiger partial charge < -0.3 is 11.1 Å². The molecule has 0 heterocycles. The van der Waals surface area contributed by atoms with E-state index in [0.717, 1.165) is 6.07 Å². The molecule has 1 amide bonds. The molecule has 0 fully saturated rings. The maximum absolute atomic E-state index is 11.8. The summed E-state index contributed by atoms with van der Waals surface area (Å²) in [7, 11) is -0.989. The highest BCUT2D eigenvalue weighted by Crippen LogP contribution is 2.30. The van der Waals surface area contributed by atoms with Crippen LogP contribution >= 0.6 is 11.6 Å². The lowest BCUT2D eigenvalue weighted by Gasteiger charge is -2.07. The molecule has 0 bridgehead atoms. The Kier molecular flexibility index (Phi) is 5.90. The van der Waals surface area contributed by atoms with Gasteiger partial charge in [0.25, 0.3) is 11.6 Å². The molecule has 0 aliphatic carbocycles. The number of nitro groups is 1. The molecule has 1 aromatic rings. The fourth-order valence-corrected chi connectivity index (χ4v) is 2.24. The SMILES string of the molecule is CCS(=O)CCNC(=O)c1cc(Cl)c(N)c([N+](=O)[O-])c1. The zero-order valence-electron chi connectivity index (χ0n) is 10.7. The van der Waals surface area contributed by atoms with Crippen molar-refractivity contribution in [2.75, 3.05) is 23.8 Å². The lowest BCUT2D eigenvalue weighted by Crippen LogP contribution is -2.28. The van der Waals surface area contributed by atoms with Gasteiger partial charge in [0.15, 0.2) is 0 Å². The number of halogens is 1. The lowest BCUT2D eigenvalue weighted by atomic mass is 10.1. The van der Waals surface area contributed by atoms with Gasteiger partial charge in [-0.25, -0.2) is 0 Å². The van der Waals surface area contributed by atoms with E-state index >= 15 is 0 Å². The number of nitrogens with one attached hydrogen (secondary N) is 1. The molecule has 20 heavy (non-hydrogen) atoms. The number of nitrogens with zero attached hydrogens (tertiary/aromatic N) is 1. The van der Waals surface area contributed by atoms with Crippen molar-refractivity contribution in [1.82, 2.24) is 5.32 Å². The summed E-state index contributed by atoms with van der Waals surface area (Å²) in [6, 6.07) is 2.32. The quantitative estimate of drug-likeness (QED) is 0.466. The van der Waals surface area contributed by atoms with Gasteiger partial charge >= 0.3 is 0 Å². The third-order valence-corrected chi connectivity index (χ3v) is 4.12. The van der Waals surface area contributed by atoms with Gasteiger partial charge in [0.2, 0.25) is 0 Å². The smallest absolute Gasteiger partial charge is 0.294 e. The fourth-order valence-electron chi connectivity index (χ4n) is 1.41. The van der Waals surface area contributed by atoms with Crippen molar-refractivity contribution < 1.29 is 13.9 Å². The van der Waals surface area contributed by atoms with Crippen LogP contribution in [-0.4, -0.2) is 33.1 Å². The molecule has 1 unspecified atom stereocenters. The Balaban J connectivity index is 2.83. The van der Waals surface area contributed by atoms with Crippen LogP contribution in [0.15, 0.2) is 12.1 Å². The highest BCUT2D eigenvalue weighted by molar-refractivity contribution is 7.84. The monoisotopic (exact) mass is 319 g/mol. The van der Waals surface area contributed by atoms with Crippen molar-refractivity contribution in [2.45, 2.75) is 6.92 Å². The summed E-state index contributed by atoms with van der Waals surface area (Å²) in [5.41, 5.74) is 4.91. The van der Waals surface area contributed by atoms with Crippen LogP contribution < -0.4 is 11.1 Å². The average Bonchev–Trinajstić information content (AvgIpc) is 2.40. The molecule has 0 aliphatic heterocycles. The number of nitro benzene ring substituents is 1. The predicted octanol–water partition coefficient (Wildman–Crippen LogP) is 1.33. The molecule has 9 heteroatoms. The van der Waals surface area contributed by atoms with Crippen molar-refractivity contribution in [3.8, 4) is 0 Å². The number of hydrogen-bond donors (Lipinski definition) is 2. The zero-order valence-corrected chi connectivity index (χ0v) is 12.3. The Labute approximate surface area is 123 Å². The van der Waals surface area contributed by atoms with Crippen LogP contribution in [0.2, 0.25) is 5.02 Å². The van der Waals surface area contributed by atoms with Gasteiger partial charge in [-0.3, -0.25) is 19.1 Å². The molecule has 3 N–H and O–H groups in total. The number of carbonyl (C=O) groups is 1. The summed E-state index contributed by atoms with van der Waals surface area (Å²) in [5.74, 6) is 0.310. The molecule has 1 rings (SSSR count). The average molecular weight is 320 g/mol. The summed E-state index contributed by atoms with van der Waals surface area (Å²) >= 11 is 5.76. The van der Waals surface area contributed by atoms with E-state index < -0.39 is 27.3 Å². The number of anilines is 1. The summed E-state index contributed by atoms with van der Waals surface area (Å²) in [5, 5.41) is 13.3. The van der Waals surface area contributed by atoms with Crippen molar-refractivity contribution in [1.29, 1.82) is 0 Å². The first-order valence-electron chi connectivity index (χ1n) is 5.73. The van der Waals surface area contributed by atoms with E-state index in [2.05, 4.69) is 5.32 Å². The Hall–Kier alpha value is -1.67. The summed E-state index contributed by atoms with van der Waals surface area (Å²) in [6.07, 6.45) is 0. The molecular weight excluding hydrogens is 306 g/mol. The first-order chi connectivity index (χ1) is 9.36. The molecule has 0 spiro atoms. The number of rotatable bonds is 6. The first-order valence-corrected chi connectivity index (χ1v) is 7.60. The number of hydrogen-bond acceptors (Lipinski definition) is 5. The van der Waals surface area contributed by atoms with Gasteiger partial charge in [-0.05, 0) is 6.07 Å². The molecule has 110 valence electrons. The van der Waals surface area contributed by atoms with E-state index in [0.29, 0.717) is 11.5 Å². The predicted molar refractivity (Wildman–Crippen MR) is 78.4 cm³/mol. The van der Waals surface area contributed by atoms with E-state index in [4.69, 9.17) is 17.3 Å². The van der Waals surface area contributed by atoms with Crippen LogP contribution in [0.5, 0.6) is 0 Å². The van der Waals surface area contributed by atoms with E-state index in [-0.39, 0.29) is 22.8 Å². The van der Waals surface area contributed by atoms with Crippen LogP contribution in [-0.2, 0) is 10.8 Å². The Bertz CT molecular complexity index is 565. The van der Waals surface area contributed by atoms with E-state index in [1.54, 1.807) is 6.92 Å². The third kappa shape index (κ3) is 4.17. The summed E-state index contributed by atoms with van der Waals surface area (Å²) in [4.78, 5) is 21.9. The summed E-state index contributed by atoms with van der Waals surface area (Å²) in [6.45, 7) is 2.00. The van der Waals surface area contributed by atoms with E-state index in [1.807, 2.05) is 0 Å². The Morgan fingerprint density at radius 2 is 2.20 bits per heavy atom. The van der Waals surface area contributed by atoms with E-state index in [9.17, 15) is 19.1 Å². The van der Waals surface area contributed by atoms with Crippen molar-refractivity contribution in [3.05, 3.63) is 32.8 Å². The Morgan fingerprint density at radius 1 is 1.55 bits per heavy atom. The molecule has 0 radical (unpaired) electrons. The second-order valence-electron chi connectivity index (χ2n) is 3.84. The van der Waals surface area contributed by atoms with Crippen LogP contribution in [0.4, 0.5) is 11.4 Å². The molecule has 1 atom stereocenters. The fraction of sp³-hybridized carbons (Fsp3) is 0.364. The first kappa shape index (κ1) is 16.4. The largest absolute Gasteiger partial charge is 0.392 e. The maximum Gasteiger partial charge on any atom is 0.294 e. The second-order valence-corrected chi connectivity index (χ2v) is 6.11. The van der Waals surface area contributed by atoms with Crippen molar-refractivity contribution >= 4 is 39.7 Å². The number of nitrogen functional groups attached to an aromatic ring is 1. The van der Waals surface area contributed by atoms with Crippen LogP contribution in [0.1, 0.15) is 17.3 Å². The Morgan fingerprint density at radius 3 is 2.75 bits per heavy atom. The van der Waals surface area contributed by atoms with Crippen molar-refractivity contribution in [2.24, 2.45) is 0 Å².